The van der Waals surface area contributed by atoms with Gasteiger partial charge in [0.2, 0.25) is 0 Å². The number of likely N-dealkylation sites (tertiary alicyclic amines) is 1. The summed E-state index contributed by atoms with van der Waals surface area (Å²) in [4.78, 5) is 14.0. The van der Waals surface area contributed by atoms with Gasteiger partial charge in [-0.05, 0) is 49.9 Å². The normalized spacial score (nSPS) is 16.0. The lowest BCUT2D eigenvalue weighted by Crippen LogP contribution is -2.35. The SMILES string of the molecule is Cc1ccc(OCC(=O)N2CCCCCC2)cc1C. The molecule has 0 N–H and O–H groups in total. The number of carbonyl (C=O) groups excluding carboxylic acids is 1. The molecular formula is C16H23NO2. The maximum atomic E-state index is 12.1. The molecule has 3 heteroatoms. The van der Waals surface area contributed by atoms with Crippen LogP contribution in [-0.4, -0.2) is 30.5 Å². The van der Waals surface area contributed by atoms with E-state index in [1.807, 2.05) is 23.1 Å². The molecule has 1 fully saturated rings. The average molecular weight is 261 g/mol. The fourth-order valence-corrected chi connectivity index (χ4v) is 2.36. The maximum Gasteiger partial charge on any atom is 0.260 e. The van der Waals surface area contributed by atoms with Crippen LogP contribution in [-0.2, 0) is 4.79 Å². The Kier molecular flexibility index (Phi) is 4.83. The molecule has 1 aliphatic rings. The number of aryl methyl sites for hydroxylation is 2. The molecular weight excluding hydrogens is 238 g/mol. The Labute approximate surface area is 115 Å². The second-order valence-electron chi connectivity index (χ2n) is 5.33. The van der Waals surface area contributed by atoms with Crippen LogP contribution in [0.2, 0.25) is 0 Å². The number of ether oxygens (including phenoxy) is 1. The number of carbonyl (C=O) groups is 1. The van der Waals surface area contributed by atoms with Crippen molar-refractivity contribution in [2.45, 2.75) is 39.5 Å². The van der Waals surface area contributed by atoms with Crippen molar-refractivity contribution in [3.63, 3.8) is 0 Å². The van der Waals surface area contributed by atoms with Gasteiger partial charge in [0.15, 0.2) is 6.61 Å². The highest BCUT2D eigenvalue weighted by atomic mass is 16.5. The van der Waals surface area contributed by atoms with Gasteiger partial charge in [0.1, 0.15) is 5.75 Å². The van der Waals surface area contributed by atoms with Crippen molar-refractivity contribution in [3.8, 4) is 5.75 Å². The first-order chi connectivity index (χ1) is 9.16. The Hall–Kier alpha value is -1.51. The molecule has 1 aromatic rings. The molecule has 104 valence electrons. The van der Waals surface area contributed by atoms with Crippen LogP contribution in [0.25, 0.3) is 0 Å². The predicted molar refractivity (Wildman–Crippen MR) is 76.5 cm³/mol. The van der Waals surface area contributed by atoms with Gasteiger partial charge < -0.3 is 9.64 Å². The van der Waals surface area contributed by atoms with Gasteiger partial charge in [0, 0.05) is 13.1 Å². The van der Waals surface area contributed by atoms with Crippen LogP contribution in [0, 0.1) is 13.8 Å². The number of rotatable bonds is 3. The Balaban J connectivity index is 1.86. The van der Waals surface area contributed by atoms with E-state index in [1.165, 1.54) is 24.0 Å². The third-order valence-corrected chi connectivity index (χ3v) is 3.80. The zero-order chi connectivity index (χ0) is 13.7. The lowest BCUT2D eigenvalue weighted by molar-refractivity contribution is -0.133. The molecule has 1 heterocycles. The summed E-state index contributed by atoms with van der Waals surface area (Å²) in [6.07, 6.45) is 4.72. The summed E-state index contributed by atoms with van der Waals surface area (Å²) in [5, 5.41) is 0. The highest BCUT2D eigenvalue weighted by Crippen LogP contribution is 2.17. The van der Waals surface area contributed by atoms with E-state index >= 15 is 0 Å². The molecule has 0 saturated carbocycles. The van der Waals surface area contributed by atoms with Crippen molar-refractivity contribution in [1.82, 2.24) is 4.90 Å². The van der Waals surface area contributed by atoms with Gasteiger partial charge in [-0.2, -0.15) is 0 Å². The highest BCUT2D eigenvalue weighted by Gasteiger charge is 2.15. The first-order valence-corrected chi connectivity index (χ1v) is 7.14. The minimum absolute atomic E-state index is 0.111. The fourth-order valence-electron chi connectivity index (χ4n) is 2.36. The quantitative estimate of drug-likeness (QED) is 0.837. The molecule has 0 aliphatic carbocycles. The first-order valence-electron chi connectivity index (χ1n) is 7.14. The first kappa shape index (κ1) is 13.9. The number of hydrogen-bond acceptors (Lipinski definition) is 2. The van der Waals surface area contributed by atoms with Gasteiger partial charge in [-0.25, -0.2) is 0 Å². The summed E-state index contributed by atoms with van der Waals surface area (Å²) < 4.78 is 5.61. The molecule has 0 bridgehead atoms. The Bertz CT molecular complexity index is 434. The van der Waals surface area contributed by atoms with Crippen LogP contribution >= 0.6 is 0 Å². The second kappa shape index (κ2) is 6.60. The van der Waals surface area contributed by atoms with Gasteiger partial charge in [-0.15, -0.1) is 0 Å². The van der Waals surface area contributed by atoms with Crippen LogP contribution in [0.15, 0.2) is 18.2 Å². The summed E-state index contributed by atoms with van der Waals surface area (Å²) in [6.45, 7) is 6.05. The van der Waals surface area contributed by atoms with E-state index in [0.29, 0.717) is 0 Å². The van der Waals surface area contributed by atoms with E-state index in [9.17, 15) is 4.79 Å². The zero-order valence-electron chi connectivity index (χ0n) is 11.9. The topological polar surface area (TPSA) is 29.5 Å². The molecule has 1 amide bonds. The Morgan fingerprint density at radius 1 is 1.11 bits per heavy atom. The molecule has 0 aromatic heterocycles. The lowest BCUT2D eigenvalue weighted by atomic mass is 10.1. The van der Waals surface area contributed by atoms with Crippen LogP contribution in [0.1, 0.15) is 36.8 Å². The maximum absolute atomic E-state index is 12.1. The van der Waals surface area contributed by atoms with E-state index in [1.54, 1.807) is 0 Å². The van der Waals surface area contributed by atoms with Crippen LogP contribution in [0.5, 0.6) is 5.75 Å². The molecule has 0 atom stereocenters. The number of benzene rings is 1. The van der Waals surface area contributed by atoms with Gasteiger partial charge >= 0.3 is 0 Å². The van der Waals surface area contributed by atoms with Crippen molar-refractivity contribution < 1.29 is 9.53 Å². The van der Waals surface area contributed by atoms with Gasteiger partial charge in [-0.3, -0.25) is 4.79 Å². The van der Waals surface area contributed by atoms with Crippen LogP contribution < -0.4 is 4.74 Å². The van der Waals surface area contributed by atoms with E-state index in [2.05, 4.69) is 13.8 Å². The number of hydrogen-bond donors (Lipinski definition) is 0. The minimum Gasteiger partial charge on any atom is -0.484 e. The standard InChI is InChI=1S/C16H23NO2/c1-13-7-8-15(11-14(13)2)19-12-16(18)17-9-5-3-4-6-10-17/h7-8,11H,3-6,9-10,12H2,1-2H3. The van der Waals surface area contributed by atoms with Gasteiger partial charge in [-0.1, -0.05) is 18.9 Å². The molecule has 1 aliphatic heterocycles. The van der Waals surface area contributed by atoms with Gasteiger partial charge in [0.05, 0.1) is 0 Å². The molecule has 2 rings (SSSR count). The predicted octanol–water partition coefficient (Wildman–Crippen LogP) is 3.08. The van der Waals surface area contributed by atoms with E-state index in [4.69, 9.17) is 4.74 Å². The van der Waals surface area contributed by atoms with Gasteiger partial charge in [0.25, 0.3) is 5.91 Å². The van der Waals surface area contributed by atoms with Crippen molar-refractivity contribution in [2.75, 3.05) is 19.7 Å². The highest BCUT2D eigenvalue weighted by molar-refractivity contribution is 5.77. The Morgan fingerprint density at radius 2 is 1.79 bits per heavy atom. The molecule has 19 heavy (non-hydrogen) atoms. The fraction of sp³-hybridized carbons (Fsp3) is 0.562. The van der Waals surface area contributed by atoms with E-state index < -0.39 is 0 Å². The van der Waals surface area contributed by atoms with Crippen molar-refractivity contribution in [3.05, 3.63) is 29.3 Å². The van der Waals surface area contributed by atoms with E-state index in [0.717, 1.165) is 31.7 Å². The lowest BCUT2D eigenvalue weighted by Gasteiger charge is -2.20. The molecule has 0 unspecified atom stereocenters. The summed E-state index contributed by atoms with van der Waals surface area (Å²) in [5.41, 5.74) is 2.44. The summed E-state index contributed by atoms with van der Waals surface area (Å²) in [5.74, 6) is 0.895. The molecule has 0 radical (unpaired) electrons. The molecule has 1 saturated heterocycles. The van der Waals surface area contributed by atoms with E-state index in [-0.39, 0.29) is 12.5 Å². The minimum atomic E-state index is 0.111. The van der Waals surface area contributed by atoms with Crippen molar-refractivity contribution in [2.24, 2.45) is 0 Å². The summed E-state index contributed by atoms with van der Waals surface area (Å²) in [6, 6.07) is 5.95. The summed E-state index contributed by atoms with van der Waals surface area (Å²) >= 11 is 0. The van der Waals surface area contributed by atoms with Crippen LogP contribution in [0.4, 0.5) is 0 Å². The third-order valence-electron chi connectivity index (χ3n) is 3.80. The molecule has 1 aromatic carbocycles. The molecule has 0 spiro atoms. The van der Waals surface area contributed by atoms with Crippen LogP contribution in [0.3, 0.4) is 0 Å². The Morgan fingerprint density at radius 3 is 2.42 bits per heavy atom. The number of amides is 1. The zero-order valence-corrected chi connectivity index (χ0v) is 11.9. The second-order valence-corrected chi connectivity index (χ2v) is 5.33. The molecule has 3 nitrogen and oxygen atoms in total. The van der Waals surface area contributed by atoms with Crippen molar-refractivity contribution >= 4 is 5.91 Å². The van der Waals surface area contributed by atoms with Crippen molar-refractivity contribution in [1.29, 1.82) is 0 Å². The smallest absolute Gasteiger partial charge is 0.260 e. The monoisotopic (exact) mass is 261 g/mol. The average Bonchev–Trinajstić information content (AvgIpc) is 2.69. The number of nitrogens with zero attached hydrogens (tertiary/aromatic N) is 1. The summed E-state index contributed by atoms with van der Waals surface area (Å²) in [7, 11) is 0. The third kappa shape index (κ3) is 3.98. The largest absolute Gasteiger partial charge is 0.484 e.